The standard InChI is InChI=1S/C16H15N3O2S/c1-3-21-13-7-5-4-6-10(13)14-11(8-17)15(20)19-16(22-2)12(14)9-18/h4-7,11,14H,3H2,1-2H3,(H,19,20)/t11-,14-/m0/s1. The van der Waals surface area contributed by atoms with E-state index in [0.717, 1.165) is 0 Å². The summed E-state index contributed by atoms with van der Waals surface area (Å²) in [6, 6.07) is 11.4. The molecule has 1 aliphatic rings. The van der Waals surface area contributed by atoms with Gasteiger partial charge in [-0.05, 0) is 19.2 Å². The first-order valence-electron chi connectivity index (χ1n) is 6.78. The number of allylic oxidation sites excluding steroid dienone is 1. The number of thioether (sulfide) groups is 1. The average molecular weight is 313 g/mol. The van der Waals surface area contributed by atoms with Crippen molar-refractivity contribution in [2.75, 3.05) is 12.9 Å². The van der Waals surface area contributed by atoms with Crippen LogP contribution in [0.25, 0.3) is 0 Å². The van der Waals surface area contributed by atoms with Crippen molar-refractivity contribution in [2.24, 2.45) is 5.92 Å². The Morgan fingerprint density at radius 2 is 2.09 bits per heavy atom. The minimum Gasteiger partial charge on any atom is -0.494 e. The summed E-state index contributed by atoms with van der Waals surface area (Å²) in [4.78, 5) is 12.2. The van der Waals surface area contributed by atoms with E-state index in [1.165, 1.54) is 11.8 Å². The molecule has 6 heteroatoms. The van der Waals surface area contributed by atoms with E-state index in [4.69, 9.17) is 4.74 Å². The maximum absolute atomic E-state index is 12.2. The molecular formula is C16H15N3O2S. The number of hydrogen-bond donors (Lipinski definition) is 1. The Morgan fingerprint density at radius 3 is 2.68 bits per heavy atom. The van der Waals surface area contributed by atoms with Crippen LogP contribution >= 0.6 is 11.8 Å². The summed E-state index contributed by atoms with van der Waals surface area (Å²) in [6.45, 7) is 2.33. The van der Waals surface area contributed by atoms with Crippen LogP contribution in [0.15, 0.2) is 34.9 Å². The van der Waals surface area contributed by atoms with Gasteiger partial charge in [0.25, 0.3) is 0 Å². The molecule has 1 aromatic rings. The molecule has 0 saturated carbocycles. The average Bonchev–Trinajstić information content (AvgIpc) is 2.54. The lowest BCUT2D eigenvalue weighted by molar-refractivity contribution is -0.123. The van der Waals surface area contributed by atoms with E-state index in [-0.39, 0.29) is 5.91 Å². The molecule has 0 unspecified atom stereocenters. The topological polar surface area (TPSA) is 85.9 Å². The van der Waals surface area contributed by atoms with Gasteiger partial charge in [0.2, 0.25) is 5.91 Å². The SMILES string of the molecule is CCOc1ccccc1[C@@H]1C(C#N)=C(SC)NC(=O)[C@H]1C#N. The van der Waals surface area contributed by atoms with Crippen LogP contribution in [0.1, 0.15) is 18.4 Å². The van der Waals surface area contributed by atoms with Crippen LogP contribution in [-0.2, 0) is 4.79 Å². The van der Waals surface area contributed by atoms with Crippen molar-refractivity contribution in [3.63, 3.8) is 0 Å². The predicted octanol–water partition coefficient (Wildman–Crippen LogP) is 2.54. The van der Waals surface area contributed by atoms with E-state index < -0.39 is 11.8 Å². The lowest BCUT2D eigenvalue weighted by atomic mass is 9.79. The lowest BCUT2D eigenvalue weighted by Gasteiger charge is -2.29. The number of carbonyl (C=O) groups excluding carboxylic acids is 1. The van der Waals surface area contributed by atoms with Gasteiger partial charge in [0, 0.05) is 5.56 Å². The molecule has 0 fully saturated rings. The lowest BCUT2D eigenvalue weighted by Crippen LogP contribution is -2.38. The number of ether oxygens (including phenoxy) is 1. The van der Waals surface area contributed by atoms with E-state index in [1.54, 1.807) is 18.4 Å². The quantitative estimate of drug-likeness (QED) is 0.923. The maximum atomic E-state index is 12.2. The van der Waals surface area contributed by atoms with E-state index >= 15 is 0 Å². The first-order valence-corrected chi connectivity index (χ1v) is 8.00. The normalized spacial score (nSPS) is 20.8. The van der Waals surface area contributed by atoms with Crippen molar-refractivity contribution in [1.29, 1.82) is 10.5 Å². The molecular weight excluding hydrogens is 298 g/mol. The zero-order chi connectivity index (χ0) is 16.1. The predicted molar refractivity (Wildman–Crippen MR) is 83.8 cm³/mol. The van der Waals surface area contributed by atoms with Crippen LogP contribution in [0, 0.1) is 28.6 Å². The Kier molecular flexibility index (Phi) is 5.08. The third-order valence-electron chi connectivity index (χ3n) is 3.43. The van der Waals surface area contributed by atoms with Crippen LogP contribution in [0.3, 0.4) is 0 Å². The second-order valence-electron chi connectivity index (χ2n) is 4.60. The molecule has 22 heavy (non-hydrogen) atoms. The van der Waals surface area contributed by atoms with Crippen LogP contribution in [0.4, 0.5) is 0 Å². The number of rotatable bonds is 4. The molecule has 0 spiro atoms. The van der Waals surface area contributed by atoms with E-state index in [0.29, 0.717) is 28.5 Å². The summed E-state index contributed by atoms with van der Waals surface area (Å²) in [5.74, 6) is -1.36. The first-order chi connectivity index (χ1) is 10.7. The van der Waals surface area contributed by atoms with Gasteiger partial charge in [-0.1, -0.05) is 18.2 Å². The highest BCUT2D eigenvalue weighted by Gasteiger charge is 2.40. The van der Waals surface area contributed by atoms with Gasteiger partial charge in [-0.3, -0.25) is 4.79 Å². The van der Waals surface area contributed by atoms with Gasteiger partial charge in [0.15, 0.2) is 0 Å². The number of benzene rings is 1. The molecule has 1 amide bonds. The number of nitrogens with one attached hydrogen (secondary N) is 1. The van der Waals surface area contributed by atoms with E-state index in [9.17, 15) is 15.3 Å². The van der Waals surface area contributed by atoms with E-state index in [2.05, 4.69) is 11.4 Å². The van der Waals surface area contributed by atoms with Gasteiger partial charge in [0.1, 0.15) is 11.7 Å². The number of para-hydroxylation sites is 1. The molecule has 0 bridgehead atoms. The second-order valence-corrected chi connectivity index (χ2v) is 5.42. The molecule has 112 valence electrons. The largest absolute Gasteiger partial charge is 0.494 e. The van der Waals surface area contributed by atoms with Crippen LogP contribution in [0.2, 0.25) is 0 Å². The minimum absolute atomic E-state index is 0.387. The molecule has 0 radical (unpaired) electrons. The molecule has 5 nitrogen and oxygen atoms in total. The highest BCUT2D eigenvalue weighted by molar-refractivity contribution is 8.02. The highest BCUT2D eigenvalue weighted by atomic mass is 32.2. The minimum atomic E-state index is -0.952. The van der Waals surface area contributed by atoms with E-state index in [1.807, 2.05) is 25.1 Å². The van der Waals surface area contributed by atoms with Crippen LogP contribution < -0.4 is 10.1 Å². The molecule has 1 aliphatic heterocycles. The summed E-state index contributed by atoms with van der Waals surface area (Å²) < 4.78 is 5.60. The molecule has 0 saturated heterocycles. The Morgan fingerprint density at radius 1 is 1.36 bits per heavy atom. The first kappa shape index (κ1) is 15.9. The second kappa shape index (κ2) is 7.02. The van der Waals surface area contributed by atoms with Crippen LogP contribution in [0.5, 0.6) is 5.75 Å². The Labute approximate surface area is 133 Å². The van der Waals surface area contributed by atoms with Gasteiger partial charge < -0.3 is 10.1 Å². The van der Waals surface area contributed by atoms with Crippen molar-refractivity contribution in [3.05, 3.63) is 40.4 Å². The fourth-order valence-corrected chi connectivity index (χ4v) is 3.09. The zero-order valence-electron chi connectivity index (χ0n) is 12.3. The third kappa shape index (κ3) is 2.79. The molecule has 1 heterocycles. The zero-order valence-corrected chi connectivity index (χ0v) is 13.1. The number of amides is 1. The van der Waals surface area contributed by atoms with Gasteiger partial charge in [0.05, 0.1) is 35.3 Å². The molecule has 0 aliphatic carbocycles. The van der Waals surface area contributed by atoms with Crippen molar-refractivity contribution in [2.45, 2.75) is 12.8 Å². The molecule has 2 rings (SSSR count). The van der Waals surface area contributed by atoms with Gasteiger partial charge in [-0.25, -0.2) is 0 Å². The van der Waals surface area contributed by atoms with Crippen molar-refractivity contribution >= 4 is 17.7 Å². The number of hydrogen-bond acceptors (Lipinski definition) is 5. The van der Waals surface area contributed by atoms with Crippen molar-refractivity contribution in [3.8, 4) is 17.9 Å². The van der Waals surface area contributed by atoms with Crippen molar-refractivity contribution in [1.82, 2.24) is 5.32 Å². The Bertz CT molecular complexity index is 700. The van der Waals surface area contributed by atoms with Crippen molar-refractivity contribution < 1.29 is 9.53 Å². The Hall–Kier alpha value is -2.44. The molecule has 0 aromatic heterocycles. The summed E-state index contributed by atoms with van der Waals surface area (Å²) in [5, 5.41) is 22.1. The monoisotopic (exact) mass is 313 g/mol. The summed E-state index contributed by atoms with van der Waals surface area (Å²) >= 11 is 1.29. The maximum Gasteiger partial charge on any atom is 0.243 e. The molecule has 1 aromatic carbocycles. The fourth-order valence-electron chi connectivity index (χ4n) is 2.49. The molecule has 2 atom stereocenters. The molecule has 1 N–H and O–H groups in total. The van der Waals surface area contributed by atoms with Crippen LogP contribution in [-0.4, -0.2) is 18.8 Å². The Balaban J connectivity index is 2.65. The smallest absolute Gasteiger partial charge is 0.243 e. The van der Waals surface area contributed by atoms with Gasteiger partial charge in [-0.2, -0.15) is 10.5 Å². The third-order valence-corrected chi connectivity index (χ3v) is 4.16. The fraction of sp³-hybridized carbons (Fsp3) is 0.312. The number of carbonyl (C=O) groups is 1. The number of nitriles is 2. The van der Waals surface area contributed by atoms with Gasteiger partial charge >= 0.3 is 0 Å². The summed E-state index contributed by atoms with van der Waals surface area (Å²) in [7, 11) is 0. The summed E-state index contributed by atoms with van der Waals surface area (Å²) in [5.41, 5.74) is 1.08. The number of nitrogens with zero attached hydrogens (tertiary/aromatic N) is 2. The summed E-state index contributed by atoms with van der Waals surface area (Å²) in [6.07, 6.45) is 1.78. The van der Waals surface area contributed by atoms with Gasteiger partial charge in [-0.15, -0.1) is 11.8 Å². The highest BCUT2D eigenvalue weighted by Crippen LogP contribution is 2.42.